The van der Waals surface area contributed by atoms with Gasteiger partial charge >= 0.3 is 0 Å². The molecule has 15 aromatic rings. The number of carbonyl (C=O) groups excluding carboxylic acids is 5. The van der Waals surface area contributed by atoms with Gasteiger partial charge in [0.2, 0.25) is 0 Å². The molecule has 0 atom stereocenters. The summed E-state index contributed by atoms with van der Waals surface area (Å²) in [6, 6.07) is 69.5. The summed E-state index contributed by atoms with van der Waals surface area (Å²) in [5, 5.41) is 82.8. The zero-order chi connectivity index (χ0) is 93.6. The molecule has 0 saturated heterocycles. The molecule has 4 aliphatic heterocycles. The molecule has 676 valence electrons. The minimum atomic E-state index is -0.186. The van der Waals surface area contributed by atoms with Crippen molar-refractivity contribution in [1.82, 2.24) is 51.0 Å². The molecule has 4 aliphatic rings. The molecular formula is C108H98N10O16. The van der Waals surface area contributed by atoms with Crippen LogP contribution in [0.5, 0.6) is 34.5 Å². The first-order chi connectivity index (χ1) is 65.3. The maximum Gasteiger partial charge on any atom is 0.185 e. The van der Waals surface area contributed by atoms with Gasteiger partial charge in [0, 0.05) is 86.9 Å². The van der Waals surface area contributed by atoms with Gasteiger partial charge in [0.05, 0.1) is 131 Å². The predicted octanol–water partition coefficient (Wildman–Crippen LogP) is 18.0. The van der Waals surface area contributed by atoms with Gasteiger partial charge in [-0.1, -0.05) is 78.9 Å². The lowest BCUT2D eigenvalue weighted by atomic mass is 10.0. The molecule has 0 aliphatic carbocycles. The lowest BCUT2D eigenvalue weighted by molar-refractivity contribution is 0.103. The average molecular weight is 1790 g/mol. The quantitative estimate of drug-likeness (QED) is 0.0169. The lowest BCUT2D eigenvalue weighted by Crippen LogP contribution is -2.01. The topological polar surface area (TPSA) is 385 Å². The number of aliphatic hydroxyl groups excluding tert-OH is 5. The van der Waals surface area contributed by atoms with Crippen molar-refractivity contribution in [1.29, 1.82) is 0 Å². The van der Waals surface area contributed by atoms with Crippen LogP contribution >= 0.6 is 0 Å². The van der Waals surface area contributed by atoms with E-state index in [0.29, 0.717) is 105 Å². The number of aryl methyl sites for hydroxylation is 3. The molecule has 19 rings (SSSR count). The molecule has 0 unspecified atom stereocenters. The summed E-state index contributed by atoms with van der Waals surface area (Å²) in [5.74, 6) is 4.34. The largest absolute Gasteiger partial charge is 0.497 e. The molecule has 0 bridgehead atoms. The molecule has 0 fully saturated rings. The summed E-state index contributed by atoms with van der Waals surface area (Å²) < 4.78 is 32.4. The van der Waals surface area contributed by atoms with E-state index >= 15 is 0 Å². The van der Waals surface area contributed by atoms with Gasteiger partial charge in [-0.3, -0.25) is 49.5 Å². The van der Waals surface area contributed by atoms with E-state index in [4.69, 9.17) is 33.5 Å². The maximum atomic E-state index is 12.6. The molecule has 26 nitrogen and oxygen atoms in total. The fraction of sp³-hybridized carbons (Fsp3) is 0.167. The fourth-order valence-corrected chi connectivity index (χ4v) is 15.3. The van der Waals surface area contributed by atoms with E-state index < -0.39 is 0 Å². The monoisotopic (exact) mass is 1790 g/mol. The van der Waals surface area contributed by atoms with Crippen molar-refractivity contribution in [2.45, 2.75) is 79.5 Å². The van der Waals surface area contributed by atoms with Crippen LogP contribution in [-0.2, 0) is 58.7 Å². The summed E-state index contributed by atoms with van der Waals surface area (Å²) in [4.78, 5) is 62.2. The summed E-state index contributed by atoms with van der Waals surface area (Å²) >= 11 is 0. The Balaban J connectivity index is 0.000000128. The van der Waals surface area contributed by atoms with Gasteiger partial charge in [0.25, 0.3) is 0 Å². The molecule has 10 aromatic carbocycles. The number of rotatable bonds is 27. The number of ether oxygens (including phenoxy) is 6. The van der Waals surface area contributed by atoms with Crippen LogP contribution in [0.25, 0.3) is 86.7 Å². The van der Waals surface area contributed by atoms with Crippen molar-refractivity contribution < 1.29 is 77.9 Å². The molecule has 0 spiro atoms. The number of carbonyl (C=O) groups is 5. The van der Waals surface area contributed by atoms with Crippen LogP contribution in [-0.4, -0.2) is 146 Å². The highest BCUT2D eigenvalue weighted by Crippen LogP contribution is 2.34. The lowest BCUT2D eigenvalue weighted by Gasteiger charge is -2.11. The van der Waals surface area contributed by atoms with Gasteiger partial charge in [-0.25, -0.2) is 0 Å². The number of aromatic nitrogens is 10. The van der Waals surface area contributed by atoms with E-state index in [1.807, 2.05) is 165 Å². The normalized spacial score (nSPS) is 12.6. The molecule has 0 saturated carbocycles. The number of H-pyrrole nitrogens is 5. The summed E-state index contributed by atoms with van der Waals surface area (Å²) in [6.07, 6.45) is 19.6. The Labute approximate surface area is 772 Å². The Morgan fingerprint density at radius 1 is 0.306 bits per heavy atom. The van der Waals surface area contributed by atoms with Crippen molar-refractivity contribution in [3.63, 3.8) is 0 Å². The summed E-state index contributed by atoms with van der Waals surface area (Å²) in [6.45, 7) is 8.18. The van der Waals surface area contributed by atoms with E-state index in [2.05, 4.69) is 77.0 Å². The van der Waals surface area contributed by atoms with Crippen LogP contribution in [0.3, 0.4) is 0 Å². The minimum absolute atomic E-state index is 0.0196. The molecule has 0 amide bonds. The van der Waals surface area contributed by atoms with Gasteiger partial charge in [-0.15, -0.1) is 0 Å². The van der Waals surface area contributed by atoms with Gasteiger partial charge in [-0.05, 0) is 288 Å². The zero-order valence-corrected chi connectivity index (χ0v) is 74.3. The number of fused-ring (bicyclic) bond motifs is 4. The molecule has 0 radical (unpaired) electrons. The highest BCUT2D eigenvalue weighted by molar-refractivity contribution is 6.10. The maximum absolute atomic E-state index is 12.6. The third kappa shape index (κ3) is 23.4. The van der Waals surface area contributed by atoms with Crippen molar-refractivity contribution in [3.8, 4) is 90.8 Å². The molecule has 26 heteroatoms. The first-order valence-corrected chi connectivity index (χ1v) is 43.5. The van der Waals surface area contributed by atoms with Crippen LogP contribution in [0.4, 0.5) is 0 Å². The number of allylic oxidation sites excluding steroid dienone is 5. The van der Waals surface area contributed by atoms with Crippen molar-refractivity contribution >= 4 is 59.3 Å². The third-order valence-electron chi connectivity index (χ3n) is 22.8. The molecule has 10 N–H and O–H groups in total. The van der Waals surface area contributed by atoms with Crippen molar-refractivity contribution in [2.75, 3.05) is 40.6 Å². The van der Waals surface area contributed by atoms with Crippen LogP contribution in [0.2, 0.25) is 0 Å². The number of nitrogens with one attached hydrogen (secondary N) is 5. The van der Waals surface area contributed by atoms with Crippen molar-refractivity contribution in [3.05, 3.63) is 378 Å². The molecule has 9 heterocycles. The van der Waals surface area contributed by atoms with Gasteiger partial charge in [-0.2, -0.15) is 25.5 Å². The number of nitrogens with zero attached hydrogens (tertiary/aromatic N) is 5. The van der Waals surface area contributed by atoms with Crippen LogP contribution in [0.1, 0.15) is 147 Å². The van der Waals surface area contributed by atoms with E-state index in [-0.39, 0.29) is 62.0 Å². The Hall–Kier alpha value is -16.1. The van der Waals surface area contributed by atoms with Gasteiger partial charge in [0.15, 0.2) is 28.9 Å². The van der Waals surface area contributed by atoms with Crippen LogP contribution in [0.15, 0.2) is 255 Å². The second-order valence-corrected chi connectivity index (χ2v) is 31.9. The second-order valence-electron chi connectivity index (χ2n) is 31.9. The Morgan fingerprint density at radius 3 is 1.05 bits per heavy atom. The second kappa shape index (κ2) is 44.0. The van der Waals surface area contributed by atoms with E-state index in [1.54, 1.807) is 111 Å². The van der Waals surface area contributed by atoms with Crippen molar-refractivity contribution in [2.24, 2.45) is 0 Å². The van der Waals surface area contributed by atoms with Gasteiger partial charge in [0.1, 0.15) is 34.5 Å². The Bertz CT molecular complexity index is 6920. The minimum Gasteiger partial charge on any atom is -0.497 e. The smallest absolute Gasteiger partial charge is 0.185 e. The molecule has 5 aromatic heterocycles. The van der Waals surface area contributed by atoms with Crippen LogP contribution < -0.4 is 28.4 Å². The van der Waals surface area contributed by atoms with Crippen LogP contribution in [0, 0.1) is 20.8 Å². The Kier molecular flexibility index (Phi) is 30.4. The summed E-state index contributed by atoms with van der Waals surface area (Å²) in [5.41, 5.74) is 26.5. The van der Waals surface area contributed by atoms with E-state index in [9.17, 15) is 44.4 Å². The van der Waals surface area contributed by atoms with E-state index in [0.717, 1.165) is 150 Å². The SMILES string of the molecule is COc1c(C)cc(C(=O)/C=C/c2cc(-c3ccc(C)c(C)c3)n[nH]2)cc1CO.COc1cc(CO)cc(-c2cc(/C=C/C(=O)c3ccc4c(c3)CCO4)[nH]n2)c1.O=C(/C=C/c1cc(-c2ccc(CO)c(CO)c2)n[nH]1)c1ccc2c(c1)CCO2.O=C(/C=C/c1cc(-c2ccc(CO)cc2)n[nH]1)c1ccc2c(c1)CCO2.O=C(/C=C/c1cc(-c2ccccc2)n[nH]1)c1ccc2c(c1)CCO2. The number of aliphatic hydroxyl groups is 5. The number of aromatic amines is 5. The van der Waals surface area contributed by atoms with Gasteiger partial charge < -0.3 is 54.0 Å². The Morgan fingerprint density at radius 2 is 0.672 bits per heavy atom. The number of methoxy groups -OCH3 is 2. The first-order valence-electron chi connectivity index (χ1n) is 43.5. The van der Waals surface area contributed by atoms with E-state index in [1.165, 1.54) is 29.4 Å². The predicted molar refractivity (Wildman–Crippen MR) is 513 cm³/mol. The number of benzene rings is 10. The number of ketones is 5. The third-order valence-corrected chi connectivity index (χ3v) is 22.8. The molecular weight excluding hydrogens is 1690 g/mol. The highest BCUT2D eigenvalue weighted by atomic mass is 16.5. The number of hydrogen-bond donors (Lipinski definition) is 10. The summed E-state index contributed by atoms with van der Waals surface area (Å²) in [7, 11) is 3.13. The fourth-order valence-electron chi connectivity index (χ4n) is 15.3. The number of hydrogen-bond acceptors (Lipinski definition) is 21. The highest BCUT2D eigenvalue weighted by Gasteiger charge is 2.21. The average Bonchev–Trinajstić information content (AvgIpc) is 1.23. The standard InChI is InChI=1S/C23H24N2O3.2C22H20N2O4.C21H18N2O3.C20H16N2O2/c1-14-5-6-17(9-15(14)2)21-12-20(24-25-21)7-8-22(27)18-10-16(3)23(28-4)19(11-18)13-26;1-27-19-9-14(13-25)8-17(11-19)20-12-18(23-24-20)3-4-21(26)15-2-5-22-16(10-15)6-7-28-22;25-12-17-2-1-14(9-18(17)13-26)20-11-19(23-24-20)4-5-21(27)15-3-6-22-16(10-15)7-8-28-22;24-13-14-1-3-15(4-2-14)19-12-18(22-23-19)6-7-20(25)16-5-8-21-17(11-16)9-10-26-21;23-19(15-6-9-20-16(12-15)10-11-24-20)8-7-17-13-18(22-21-17)14-4-2-1-3-5-14/h5-12,26H,13H2,1-4H3,(H,24,25);2-5,8-12,25H,6-7,13H2,1H3,(H,23,24);1-6,9-11,25-26H,7-8,12-13H2,(H,23,24);1-8,11-12,24H,9-10,13H2,(H,22,23);1-9,12-13H,10-11H2,(H,21,22)/b8-7+;4-3+;5-4+;7-6+;8-7+. The molecule has 134 heavy (non-hydrogen) atoms. The zero-order valence-electron chi connectivity index (χ0n) is 74.3. The first kappa shape index (κ1) is 92.6.